The smallest absolute Gasteiger partial charge is 0.301 e. The number of rotatable bonds is 5. The van der Waals surface area contributed by atoms with Crippen molar-refractivity contribution in [3.05, 3.63) is 60.9 Å². The number of thiazole rings is 1. The molecule has 1 aliphatic rings. The van der Waals surface area contributed by atoms with Gasteiger partial charge in [0.05, 0.1) is 10.0 Å². The molecule has 0 saturated carbocycles. The molecule has 30 heavy (non-hydrogen) atoms. The summed E-state index contributed by atoms with van der Waals surface area (Å²) in [4.78, 5) is 32.9. The van der Waals surface area contributed by atoms with Crippen LogP contribution in [0, 0.1) is 0 Å². The normalized spacial score (nSPS) is 14.1. The maximum absolute atomic E-state index is 12.5. The maximum atomic E-state index is 12.5. The Morgan fingerprint density at radius 1 is 1.23 bits per heavy atom. The van der Waals surface area contributed by atoms with Crippen LogP contribution in [0.15, 0.2) is 29.2 Å². The van der Waals surface area contributed by atoms with Crippen LogP contribution in [-0.2, 0) is 13.1 Å². The molecule has 7 nitrogen and oxygen atoms in total. The zero-order valence-electron chi connectivity index (χ0n) is 15.7. The number of halogens is 3. The van der Waals surface area contributed by atoms with Gasteiger partial charge in [-0.3, -0.25) is 18.9 Å². The van der Waals surface area contributed by atoms with E-state index in [4.69, 9.17) is 23.2 Å². The molecule has 3 heterocycles. The van der Waals surface area contributed by atoms with E-state index >= 15 is 0 Å². The summed E-state index contributed by atoms with van der Waals surface area (Å²) in [6, 6.07) is 5.00. The molecule has 0 radical (unpaired) electrons. The molecule has 2 aromatic heterocycles. The van der Waals surface area contributed by atoms with Crippen molar-refractivity contribution in [2.24, 2.45) is 0 Å². The Labute approximate surface area is 192 Å². The van der Waals surface area contributed by atoms with E-state index in [0.717, 1.165) is 30.1 Å². The van der Waals surface area contributed by atoms with E-state index in [1.54, 1.807) is 24.4 Å². The number of hydrogen-bond donors (Lipinski definition) is 2. The standard InChI is InChI=1S/C19H18Cl2N4O3S.ClH/c20-13-4-3-11(7-14(13)21)8-22-17(27)15-16(26)18(28)25-10-12(29-19(25)23-15)9-24-5-1-2-6-24;/h3-4,7,10,26H,1-2,5-6,8-9H2,(H,22,27);1H. The molecule has 1 aliphatic heterocycles. The number of aromatic nitrogens is 2. The lowest BCUT2D eigenvalue weighted by molar-refractivity contribution is 0.0943. The largest absolute Gasteiger partial charge is 0.501 e. The number of nitrogens with zero attached hydrogens (tertiary/aromatic N) is 3. The quantitative estimate of drug-likeness (QED) is 0.570. The third-order valence-electron chi connectivity index (χ3n) is 4.78. The third kappa shape index (κ3) is 4.73. The zero-order chi connectivity index (χ0) is 20.5. The first-order chi connectivity index (χ1) is 13.9. The molecule has 0 bridgehead atoms. The SMILES string of the molecule is Cl.O=C(NCc1ccc(Cl)c(Cl)c1)c1nc2sc(CN3CCCC3)cn2c(=O)c1O. The van der Waals surface area contributed by atoms with Gasteiger partial charge >= 0.3 is 5.56 Å². The van der Waals surface area contributed by atoms with Crippen LogP contribution >= 0.6 is 46.9 Å². The fourth-order valence-electron chi connectivity index (χ4n) is 3.29. The number of amides is 1. The number of aromatic hydroxyl groups is 1. The van der Waals surface area contributed by atoms with E-state index in [2.05, 4.69) is 15.2 Å². The van der Waals surface area contributed by atoms with Crippen LogP contribution in [0.2, 0.25) is 10.0 Å². The predicted molar refractivity (Wildman–Crippen MR) is 120 cm³/mol. The first kappa shape index (κ1) is 22.8. The van der Waals surface area contributed by atoms with Gasteiger partial charge in [-0.05, 0) is 43.6 Å². The van der Waals surface area contributed by atoms with Crippen molar-refractivity contribution in [3.8, 4) is 5.75 Å². The molecular weight excluding hydrogens is 471 g/mol. The van der Waals surface area contributed by atoms with Crippen LogP contribution in [0.3, 0.4) is 0 Å². The summed E-state index contributed by atoms with van der Waals surface area (Å²) < 4.78 is 1.29. The predicted octanol–water partition coefficient (Wildman–Crippen LogP) is 3.72. The van der Waals surface area contributed by atoms with Crippen molar-refractivity contribution in [1.29, 1.82) is 0 Å². The van der Waals surface area contributed by atoms with Gasteiger partial charge in [0.25, 0.3) is 5.91 Å². The van der Waals surface area contributed by atoms with Gasteiger partial charge in [-0.15, -0.1) is 12.4 Å². The molecule has 1 saturated heterocycles. The lowest BCUT2D eigenvalue weighted by atomic mass is 10.2. The highest BCUT2D eigenvalue weighted by Crippen LogP contribution is 2.23. The van der Waals surface area contributed by atoms with Crippen LogP contribution < -0.4 is 10.9 Å². The summed E-state index contributed by atoms with van der Waals surface area (Å²) in [7, 11) is 0. The van der Waals surface area contributed by atoms with Crippen molar-refractivity contribution in [2.75, 3.05) is 13.1 Å². The highest BCUT2D eigenvalue weighted by atomic mass is 35.5. The number of nitrogens with one attached hydrogen (secondary N) is 1. The average Bonchev–Trinajstić information content (AvgIpc) is 3.35. The summed E-state index contributed by atoms with van der Waals surface area (Å²) in [5, 5.41) is 13.7. The molecule has 2 N–H and O–H groups in total. The fraction of sp³-hybridized carbons (Fsp3) is 0.316. The molecule has 0 unspecified atom stereocenters. The van der Waals surface area contributed by atoms with Crippen LogP contribution in [0.4, 0.5) is 0 Å². The first-order valence-electron chi connectivity index (χ1n) is 9.11. The van der Waals surface area contributed by atoms with Crippen molar-refractivity contribution in [1.82, 2.24) is 19.6 Å². The number of carbonyl (C=O) groups is 1. The van der Waals surface area contributed by atoms with Crippen LogP contribution in [0.1, 0.15) is 33.8 Å². The van der Waals surface area contributed by atoms with Crippen molar-refractivity contribution in [3.63, 3.8) is 0 Å². The van der Waals surface area contributed by atoms with Gasteiger partial charge in [0, 0.05) is 24.2 Å². The minimum Gasteiger partial charge on any atom is -0.501 e. The van der Waals surface area contributed by atoms with E-state index in [1.807, 2.05) is 0 Å². The molecule has 1 fully saturated rings. The van der Waals surface area contributed by atoms with Gasteiger partial charge in [0.1, 0.15) is 0 Å². The van der Waals surface area contributed by atoms with E-state index < -0.39 is 17.2 Å². The number of hydrogen-bond acceptors (Lipinski definition) is 6. The summed E-state index contributed by atoms with van der Waals surface area (Å²) in [5.74, 6) is -1.30. The van der Waals surface area contributed by atoms with E-state index in [1.165, 1.54) is 28.6 Å². The van der Waals surface area contributed by atoms with Crippen LogP contribution in [0.25, 0.3) is 4.96 Å². The molecule has 0 spiro atoms. The monoisotopic (exact) mass is 488 g/mol. The Balaban J connectivity index is 0.00000256. The van der Waals surface area contributed by atoms with Gasteiger partial charge in [-0.1, -0.05) is 40.6 Å². The van der Waals surface area contributed by atoms with Crippen LogP contribution in [-0.4, -0.2) is 38.4 Å². The maximum Gasteiger partial charge on any atom is 0.301 e. The molecular formula is C19H19Cl3N4O3S. The Bertz CT molecular complexity index is 1140. The van der Waals surface area contributed by atoms with Gasteiger partial charge in [0.15, 0.2) is 10.7 Å². The molecule has 160 valence electrons. The number of carbonyl (C=O) groups excluding carboxylic acids is 1. The molecule has 1 aromatic carbocycles. The Morgan fingerprint density at radius 3 is 2.67 bits per heavy atom. The topological polar surface area (TPSA) is 86.9 Å². The third-order valence-corrected chi connectivity index (χ3v) is 6.49. The fourth-order valence-corrected chi connectivity index (χ4v) is 4.62. The summed E-state index contributed by atoms with van der Waals surface area (Å²) >= 11 is 13.2. The van der Waals surface area contributed by atoms with E-state index in [0.29, 0.717) is 15.0 Å². The number of likely N-dealkylation sites (tertiary alicyclic amines) is 1. The summed E-state index contributed by atoms with van der Waals surface area (Å²) in [5.41, 5.74) is -0.211. The molecule has 4 rings (SSSR count). The van der Waals surface area contributed by atoms with Crippen molar-refractivity contribution < 1.29 is 9.90 Å². The minimum atomic E-state index is -0.667. The summed E-state index contributed by atoms with van der Waals surface area (Å²) in [6.07, 6.45) is 4.03. The van der Waals surface area contributed by atoms with E-state index in [-0.39, 0.29) is 24.6 Å². The van der Waals surface area contributed by atoms with Crippen molar-refractivity contribution in [2.45, 2.75) is 25.9 Å². The average molecular weight is 490 g/mol. The second-order valence-electron chi connectivity index (χ2n) is 6.88. The lowest BCUT2D eigenvalue weighted by Gasteiger charge is -2.11. The Kier molecular flexibility index (Phi) is 7.26. The Hall–Kier alpha value is -1.84. The summed E-state index contributed by atoms with van der Waals surface area (Å²) in [6.45, 7) is 2.95. The zero-order valence-corrected chi connectivity index (χ0v) is 18.9. The lowest BCUT2D eigenvalue weighted by Crippen LogP contribution is -2.27. The first-order valence-corrected chi connectivity index (χ1v) is 10.7. The van der Waals surface area contributed by atoms with Gasteiger partial charge in [0.2, 0.25) is 5.75 Å². The van der Waals surface area contributed by atoms with Gasteiger partial charge in [-0.2, -0.15) is 0 Å². The highest BCUT2D eigenvalue weighted by Gasteiger charge is 2.21. The van der Waals surface area contributed by atoms with Gasteiger partial charge in [-0.25, -0.2) is 4.98 Å². The molecule has 11 heteroatoms. The van der Waals surface area contributed by atoms with Gasteiger partial charge < -0.3 is 10.4 Å². The van der Waals surface area contributed by atoms with E-state index in [9.17, 15) is 14.7 Å². The highest BCUT2D eigenvalue weighted by molar-refractivity contribution is 7.17. The number of fused-ring (bicyclic) bond motifs is 1. The molecule has 3 aromatic rings. The number of benzene rings is 1. The Morgan fingerprint density at radius 2 is 1.97 bits per heavy atom. The minimum absolute atomic E-state index is 0. The van der Waals surface area contributed by atoms with Crippen LogP contribution in [0.5, 0.6) is 5.75 Å². The molecule has 0 atom stereocenters. The second kappa shape index (κ2) is 9.53. The second-order valence-corrected chi connectivity index (χ2v) is 8.79. The molecule has 0 aliphatic carbocycles. The molecule has 1 amide bonds. The van der Waals surface area contributed by atoms with Crippen molar-refractivity contribution >= 4 is 57.8 Å².